The first-order chi connectivity index (χ1) is 8.84. The standard InChI is InChI=1S/C15H25NO3/c1-15(2,3)14(16)10-11-5-6-12(18)13(9-11)19-8-4-7-17/h5-6,9,14,17-18H,4,7-8,10,16H2,1-3H3. The van der Waals surface area contributed by atoms with E-state index in [4.69, 9.17) is 15.6 Å². The van der Waals surface area contributed by atoms with Crippen molar-refractivity contribution in [2.45, 2.75) is 39.7 Å². The number of aliphatic hydroxyl groups is 1. The molecular weight excluding hydrogens is 242 g/mol. The van der Waals surface area contributed by atoms with Gasteiger partial charge in [-0.05, 0) is 29.5 Å². The van der Waals surface area contributed by atoms with Crippen molar-refractivity contribution < 1.29 is 14.9 Å². The Morgan fingerprint density at radius 2 is 2.00 bits per heavy atom. The lowest BCUT2D eigenvalue weighted by Gasteiger charge is -2.27. The van der Waals surface area contributed by atoms with Gasteiger partial charge in [-0.2, -0.15) is 0 Å². The Bertz CT molecular complexity index is 399. The average Bonchev–Trinajstić information content (AvgIpc) is 2.32. The molecule has 108 valence electrons. The molecule has 0 bridgehead atoms. The van der Waals surface area contributed by atoms with Crippen LogP contribution in [0.5, 0.6) is 11.5 Å². The number of nitrogens with two attached hydrogens (primary N) is 1. The van der Waals surface area contributed by atoms with Gasteiger partial charge in [0.25, 0.3) is 0 Å². The van der Waals surface area contributed by atoms with Gasteiger partial charge in [-0.15, -0.1) is 0 Å². The lowest BCUT2D eigenvalue weighted by molar-refractivity contribution is 0.228. The van der Waals surface area contributed by atoms with Gasteiger partial charge in [-0.3, -0.25) is 0 Å². The van der Waals surface area contributed by atoms with E-state index in [1.165, 1.54) is 0 Å². The third-order valence-electron chi connectivity index (χ3n) is 3.15. The fourth-order valence-electron chi connectivity index (χ4n) is 1.61. The smallest absolute Gasteiger partial charge is 0.161 e. The molecule has 0 amide bonds. The van der Waals surface area contributed by atoms with E-state index in [2.05, 4.69) is 20.8 Å². The Balaban J connectivity index is 2.73. The second kappa shape index (κ2) is 6.78. The van der Waals surface area contributed by atoms with Crippen LogP contribution in [0.15, 0.2) is 18.2 Å². The van der Waals surface area contributed by atoms with E-state index in [-0.39, 0.29) is 23.8 Å². The number of aromatic hydroxyl groups is 1. The minimum atomic E-state index is 0.0375. The zero-order valence-electron chi connectivity index (χ0n) is 12.0. The molecule has 0 aliphatic carbocycles. The number of ether oxygens (including phenoxy) is 1. The van der Waals surface area contributed by atoms with Gasteiger partial charge >= 0.3 is 0 Å². The summed E-state index contributed by atoms with van der Waals surface area (Å²) in [5, 5.41) is 18.4. The molecular formula is C15H25NO3. The molecule has 0 saturated carbocycles. The molecule has 1 atom stereocenters. The van der Waals surface area contributed by atoms with Crippen LogP contribution < -0.4 is 10.5 Å². The Morgan fingerprint density at radius 1 is 1.32 bits per heavy atom. The Kier molecular flexibility index (Phi) is 5.63. The van der Waals surface area contributed by atoms with E-state index in [0.717, 1.165) is 12.0 Å². The number of benzene rings is 1. The maximum atomic E-state index is 9.71. The Hall–Kier alpha value is -1.26. The molecule has 0 saturated heterocycles. The number of phenols is 1. The molecule has 4 heteroatoms. The van der Waals surface area contributed by atoms with Crippen LogP contribution >= 0.6 is 0 Å². The summed E-state index contributed by atoms with van der Waals surface area (Å²) in [7, 11) is 0. The minimum absolute atomic E-state index is 0.0375. The second-order valence-corrected chi connectivity index (χ2v) is 5.90. The average molecular weight is 267 g/mol. The van der Waals surface area contributed by atoms with Crippen molar-refractivity contribution in [1.82, 2.24) is 0 Å². The molecule has 0 spiro atoms. The molecule has 0 aliphatic rings. The van der Waals surface area contributed by atoms with Crippen molar-refractivity contribution in [3.63, 3.8) is 0 Å². The van der Waals surface area contributed by atoms with Crippen molar-refractivity contribution in [2.75, 3.05) is 13.2 Å². The van der Waals surface area contributed by atoms with Crippen LogP contribution in [-0.2, 0) is 6.42 Å². The summed E-state index contributed by atoms with van der Waals surface area (Å²) in [6, 6.07) is 5.35. The van der Waals surface area contributed by atoms with Crippen molar-refractivity contribution >= 4 is 0 Å². The van der Waals surface area contributed by atoms with Crippen LogP contribution in [0.3, 0.4) is 0 Å². The number of hydrogen-bond acceptors (Lipinski definition) is 4. The van der Waals surface area contributed by atoms with E-state index < -0.39 is 0 Å². The molecule has 0 aliphatic heterocycles. The molecule has 0 aromatic heterocycles. The molecule has 0 fully saturated rings. The minimum Gasteiger partial charge on any atom is -0.504 e. The zero-order chi connectivity index (χ0) is 14.5. The van der Waals surface area contributed by atoms with Gasteiger partial charge in [-0.1, -0.05) is 26.8 Å². The van der Waals surface area contributed by atoms with Gasteiger partial charge in [0.05, 0.1) is 6.61 Å². The summed E-state index contributed by atoms with van der Waals surface area (Å²) < 4.78 is 5.43. The summed E-state index contributed by atoms with van der Waals surface area (Å²) >= 11 is 0. The number of phenolic OH excluding ortho intramolecular Hbond substituents is 1. The maximum absolute atomic E-state index is 9.71. The fraction of sp³-hybridized carbons (Fsp3) is 0.600. The Morgan fingerprint density at radius 3 is 2.58 bits per heavy atom. The highest BCUT2D eigenvalue weighted by Gasteiger charge is 2.21. The topological polar surface area (TPSA) is 75.7 Å². The van der Waals surface area contributed by atoms with Gasteiger partial charge in [0, 0.05) is 19.1 Å². The van der Waals surface area contributed by atoms with E-state index in [1.54, 1.807) is 6.07 Å². The predicted octanol–water partition coefficient (Wildman–Crippen LogP) is 2.07. The SMILES string of the molecule is CC(C)(C)C(N)Cc1ccc(O)c(OCCCO)c1. The third-order valence-corrected chi connectivity index (χ3v) is 3.15. The monoisotopic (exact) mass is 267 g/mol. The molecule has 1 unspecified atom stereocenters. The van der Waals surface area contributed by atoms with E-state index >= 15 is 0 Å². The third kappa shape index (κ3) is 5.09. The van der Waals surface area contributed by atoms with Crippen molar-refractivity contribution in [1.29, 1.82) is 0 Å². The summed E-state index contributed by atoms with van der Waals surface area (Å²) in [4.78, 5) is 0. The first-order valence-electron chi connectivity index (χ1n) is 6.65. The fourth-order valence-corrected chi connectivity index (χ4v) is 1.61. The van der Waals surface area contributed by atoms with Gasteiger partial charge in [0.2, 0.25) is 0 Å². The molecule has 4 N–H and O–H groups in total. The van der Waals surface area contributed by atoms with Crippen LogP contribution in [-0.4, -0.2) is 29.5 Å². The largest absolute Gasteiger partial charge is 0.504 e. The molecule has 0 heterocycles. The zero-order valence-corrected chi connectivity index (χ0v) is 12.0. The molecule has 0 radical (unpaired) electrons. The number of rotatable bonds is 6. The van der Waals surface area contributed by atoms with Crippen LogP contribution in [0.25, 0.3) is 0 Å². The van der Waals surface area contributed by atoms with E-state index in [1.807, 2.05) is 12.1 Å². The molecule has 1 aromatic rings. The van der Waals surface area contributed by atoms with Crippen LogP contribution in [0.4, 0.5) is 0 Å². The van der Waals surface area contributed by atoms with Gasteiger partial charge < -0.3 is 20.7 Å². The molecule has 1 rings (SSSR count). The summed E-state index contributed by atoms with van der Waals surface area (Å²) in [6.07, 6.45) is 1.28. The van der Waals surface area contributed by atoms with Gasteiger partial charge in [0.1, 0.15) is 0 Å². The second-order valence-electron chi connectivity index (χ2n) is 5.90. The highest BCUT2D eigenvalue weighted by Crippen LogP contribution is 2.29. The Labute approximate surface area is 115 Å². The van der Waals surface area contributed by atoms with Crippen molar-refractivity contribution in [3.8, 4) is 11.5 Å². The van der Waals surface area contributed by atoms with Crippen molar-refractivity contribution in [2.24, 2.45) is 11.1 Å². The highest BCUT2D eigenvalue weighted by atomic mass is 16.5. The highest BCUT2D eigenvalue weighted by molar-refractivity contribution is 5.42. The molecule has 1 aromatic carbocycles. The summed E-state index contributed by atoms with van der Waals surface area (Å²) in [6.45, 7) is 6.79. The van der Waals surface area contributed by atoms with Crippen molar-refractivity contribution in [3.05, 3.63) is 23.8 Å². The quantitative estimate of drug-likeness (QED) is 0.690. The lowest BCUT2D eigenvalue weighted by Crippen LogP contribution is -2.36. The first kappa shape index (κ1) is 15.8. The normalized spacial score (nSPS) is 13.3. The first-order valence-corrected chi connectivity index (χ1v) is 6.65. The predicted molar refractivity (Wildman–Crippen MR) is 76.4 cm³/mol. The number of hydrogen-bond donors (Lipinski definition) is 3. The lowest BCUT2D eigenvalue weighted by atomic mass is 9.84. The van der Waals surface area contributed by atoms with E-state index in [0.29, 0.717) is 18.8 Å². The van der Waals surface area contributed by atoms with Gasteiger partial charge in [-0.25, -0.2) is 0 Å². The van der Waals surface area contributed by atoms with Gasteiger partial charge in [0.15, 0.2) is 11.5 Å². The summed E-state index contributed by atoms with van der Waals surface area (Å²) in [5.74, 6) is 0.568. The summed E-state index contributed by atoms with van der Waals surface area (Å²) in [5.41, 5.74) is 7.23. The molecule has 4 nitrogen and oxygen atoms in total. The molecule has 19 heavy (non-hydrogen) atoms. The van der Waals surface area contributed by atoms with Crippen LogP contribution in [0.1, 0.15) is 32.8 Å². The van der Waals surface area contributed by atoms with Crippen LogP contribution in [0, 0.1) is 5.41 Å². The maximum Gasteiger partial charge on any atom is 0.161 e. The van der Waals surface area contributed by atoms with E-state index in [9.17, 15) is 5.11 Å². The number of aliphatic hydroxyl groups excluding tert-OH is 1. The van der Waals surface area contributed by atoms with Crippen LogP contribution in [0.2, 0.25) is 0 Å².